The van der Waals surface area contributed by atoms with Crippen LogP contribution in [0.3, 0.4) is 0 Å². The van der Waals surface area contributed by atoms with Gasteiger partial charge in [0.25, 0.3) is 0 Å². The second-order valence-corrected chi connectivity index (χ2v) is 11.3. The lowest BCUT2D eigenvalue weighted by atomic mass is 10.0. The van der Waals surface area contributed by atoms with Gasteiger partial charge >= 0.3 is 0 Å². The SMILES string of the molecule is [2H]c1c([2H])c([2H])c(-c2ccc(N(c3ccc(-c4ccccc4)cc3)c3ccc(-c4ccc5oc6ccccc6c5c4)s3)cc2)c([2H])c1[2H]. The zero-order chi connectivity index (χ0) is 32.9. The Bertz CT molecular complexity index is 2420. The second kappa shape index (κ2) is 10.8. The Morgan fingerprint density at radius 3 is 1.84 bits per heavy atom. The maximum atomic E-state index is 8.45. The van der Waals surface area contributed by atoms with E-state index >= 15 is 0 Å². The molecule has 0 saturated carbocycles. The summed E-state index contributed by atoms with van der Waals surface area (Å²) >= 11 is 1.68. The fourth-order valence-corrected chi connectivity index (χ4v) is 6.54. The molecule has 0 unspecified atom stereocenters. The molecule has 0 spiro atoms. The number of rotatable bonds is 6. The summed E-state index contributed by atoms with van der Waals surface area (Å²) in [6, 6.07) is 43.3. The Balaban J connectivity index is 1.21. The molecule has 2 heterocycles. The molecule has 8 aromatic rings. The van der Waals surface area contributed by atoms with E-state index in [1.165, 1.54) is 0 Å². The highest BCUT2D eigenvalue weighted by Gasteiger charge is 2.17. The Morgan fingerprint density at radius 2 is 1.09 bits per heavy atom. The van der Waals surface area contributed by atoms with Gasteiger partial charge in [0.05, 0.1) is 6.85 Å². The number of furan rings is 1. The van der Waals surface area contributed by atoms with Gasteiger partial charge in [0.15, 0.2) is 0 Å². The van der Waals surface area contributed by atoms with Crippen molar-refractivity contribution in [2.45, 2.75) is 0 Å². The van der Waals surface area contributed by atoms with Crippen LogP contribution in [0.4, 0.5) is 16.4 Å². The van der Waals surface area contributed by atoms with Crippen LogP contribution in [0.2, 0.25) is 0 Å². The average Bonchev–Trinajstić information content (AvgIpc) is 3.76. The molecule has 0 amide bonds. The van der Waals surface area contributed by atoms with Crippen molar-refractivity contribution >= 4 is 49.7 Å². The van der Waals surface area contributed by atoms with Gasteiger partial charge in [-0.05, 0) is 88.5 Å². The van der Waals surface area contributed by atoms with Crippen LogP contribution in [-0.2, 0) is 0 Å². The Morgan fingerprint density at radius 1 is 0.488 bits per heavy atom. The van der Waals surface area contributed by atoms with Gasteiger partial charge < -0.3 is 9.32 Å². The molecule has 3 heteroatoms. The molecule has 0 radical (unpaired) electrons. The van der Waals surface area contributed by atoms with Crippen LogP contribution >= 0.6 is 11.3 Å². The van der Waals surface area contributed by atoms with Gasteiger partial charge in [-0.1, -0.05) is 103 Å². The standard InChI is InChI=1S/C40H27NOS/c1-3-9-28(10-4-1)30-15-20-33(21-16-30)41(34-22-17-31(18-23-34)29-11-5-2-6-12-29)40-26-25-39(43-40)32-19-24-38-36(27-32)35-13-7-8-14-37(35)42-38/h1-27H/i1D,3D,4D,9D,10D. The van der Waals surface area contributed by atoms with Crippen molar-refractivity contribution in [1.82, 2.24) is 0 Å². The lowest BCUT2D eigenvalue weighted by Crippen LogP contribution is -2.08. The topological polar surface area (TPSA) is 16.4 Å². The minimum Gasteiger partial charge on any atom is -0.456 e. The van der Waals surface area contributed by atoms with Crippen LogP contribution < -0.4 is 4.90 Å². The van der Waals surface area contributed by atoms with E-state index in [2.05, 4.69) is 71.6 Å². The fraction of sp³-hybridized carbons (Fsp3) is 0. The number of fused-ring (bicyclic) bond motifs is 3. The molecule has 0 atom stereocenters. The molecule has 0 saturated heterocycles. The molecule has 0 aliphatic carbocycles. The smallest absolute Gasteiger partial charge is 0.135 e. The molecular formula is C40H27NOS. The highest BCUT2D eigenvalue weighted by atomic mass is 32.1. The van der Waals surface area contributed by atoms with Crippen molar-refractivity contribution in [3.05, 3.63) is 164 Å². The first kappa shape index (κ1) is 20.5. The fourth-order valence-electron chi connectivity index (χ4n) is 5.49. The van der Waals surface area contributed by atoms with Crippen LogP contribution in [0, 0.1) is 0 Å². The van der Waals surface area contributed by atoms with E-state index in [9.17, 15) is 0 Å². The first-order chi connectivity index (χ1) is 23.4. The summed E-state index contributed by atoms with van der Waals surface area (Å²) in [6.45, 7) is 0. The molecule has 2 aromatic heterocycles. The molecule has 0 aliphatic heterocycles. The first-order valence-corrected chi connectivity index (χ1v) is 14.8. The number of para-hydroxylation sites is 1. The second-order valence-electron chi connectivity index (χ2n) is 10.2. The minimum absolute atomic E-state index is 0.187. The molecule has 0 fully saturated rings. The molecule has 0 bridgehead atoms. The molecule has 43 heavy (non-hydrogen) atoms. The van der Waals surface area contributed by atoms with Gasteiger partial charge in [-0.2, -0.15) is 0 Å². The largest absolute Gasteiger partial charge is 0.456 e. The van der Waals surface area contributed by atoms with Crippen LogP contribution in [0.5, 0.6) is 0 Å². The first-order valence-electron chi connectivity index (χ1n) is 16.5. The summed E-state index contributed by atoms with van der Waals surface area (Å²) in [5.41, 5.74) is 7.67. The number of anilines is 3. The third-order valence-electron chi connectivity index (χ3n) is 7.62. The highest BCUT2D eigenvalue weighted by molar-refractivity contribution is 7.19. The van der Waals surface area contributed by atoms with Crippen molar-refractivity contribution in [2.24, 2.45) is 0 Å². The van der Waals surface area contributed by atoms with E-state index in [1.54, 1.807) is 11.3 Å². The van der Waals surface area contributed by atoms with Crippen molar-refractivity contribution in [3.8, 4) is 32.7 Å². The maximum Gasteiger partial charge on any atom is 0.135 e. The van der Waals surface area contributed by atoms with E-state index in [4.69, 9.17) is 11.3 Å². The van der Waals surface area contributed by atoms with Gasteiger partial charge in [0.1, 0.15) is 16.2 Å². The normalized spacial score (nSPS) is 12.9. The highest BCUT2D eigenvalue weighted by Crippen LogP contribution is 2.43. The van der Waals surface area contributed by atoms with E-state index in [0.29, 0.717) is 5.56 Å². The predicted octanol–water partition coefficient (Wildman–Crippen LogP) is 12.1. The van der Waals surface area contributed by atoms with Gasteiger partial charge in [0.2, 0.25) is 0 Å². The van der Waals surface area contributed by atoms with Gasteiger partial charge in [-0.3, -0.25) is 0 Å². The molecule has 8 rings (SSSR count). The van der Waals surface area contributed by atoms with Gasteiger partial charge in [0, 0.05) is 27.0 Å². The Hall–Kier alpha value is -5.38. The predicted molar refractivity (Wildman–Crippen MR) is 183 cm³/mol. The van der Waals surface area contributed by atoms with Crippen molar-refractivity contribution in [3.63, 3.8) is 0 Å². The number of hydrogen-bond acceptors (Lipinski definition) is 3. The van der Waals surface area contributed by atoms with E-state index in [1.807, 2.05) is 66.7 Å². The molecule has 0 aliphatic rings. The average molecular weight is 575 g/mol. The minimum atomic E-state index is -0.399. The van der Waals surface area contributed by atoms with Gasteiger partial charge in [-0.15, -0.1) is 11.3 Å². The van der Waals surface area contributed by atoms with Crippen molar-refractivity contribution in [2.75, 3.05) is 4.90 Å². The maximum absolute atomic E-state index is 8.45. The molecular weight excluding hydrogens is 543 g/mol. The molecule has 6 aromatic carbocycles. The van der Waals surface area contributed by atoms with Crippen LogP contribution in [0.15, 0.2) is 168 Å². The summed E-state index contributed by atoms with van der Waals surface area (Å²) in [4.78, 5) is 3.29. The summed E-state index contributed by atoms with van der Waals surface area (Å²) in [5.74, 6) is 0. The van der Waals surface area contributed by atoms with Gasteiger partial charge in [-0.25, -0.2) is 0 Å². The number of benzene rings is 6. The summed E-state index contributed by atoms with van der Waals surface area (Å²) in [5, 5.41) is 3.17. The van der Waals surface area contributed by atoms with Crippen molar-refractivity contribution < 1.29 is 11.3 Å². The third-order valence-corrected chi connectivity index (χ3v) is 8.74. The number of thiophene rings is 1. The third kappa shape index (κ3) is 4.80. The zero-order valence-corrected chi connectivity index (χ0v) is 23.8. The van der Waals surface area contributed by atoms with E-state index < -0.39 is 6.04 Å². The lowest BCUT2D eigenvalue weighted by Gasteiger charge is -2.24. The molecule has 0 N–H and O–H groups in total. The van der Waals surface area contributed by atoms with Crippen LogP contribution in [-0.4, -0.2) is 0 Å². The quantitative estimate of drug-likeness (QED) is 0.196. The van der Waals surface area contributed by atoms with Crippen LogP contribution in [0.1, 0.15) is 6.85 Å². The Kier molecular flexibility index (Phi) is 5.14. The molecule has 204 valence electrons. The van der Waals surface area contributed by atoms with E-state index in [0.717, 1.165) is 59.9 Å². The number of nitrogens with zero attached hydrogens (tertiary/aromatic N) is 1. The zero-order valence-electron chi connectivity index (χ0n) is 28.0. The van der Waals surface area contributed by atoms with Crippen molar-refractivity contribution in [1.29, 1.82) is 0 Å². The Labute approximate surface area is 261 Å². The summed E-state index contributed by atoms with van der Waals surface area (Å²) < 4.78 is 47.2. The summed E-state index contributed by atoms with van der Waals surface area (Å²) in [6.07, 6.45) is 0. The van der Waals surface area contributed by atoms with Crippen LogP contribution in [0.25, 0.3) is 54.6 Å². The van der Waals surface area contributed by atoms with E-state index in [-0.39, 0.29) is 29.7 Å². The molecule has 2 nitrogen and oxygen atoms in total. The number of hydrogen-bond donors (Lipinski definition) is 0. The summed E-state index contributed by atoms with van der Waals surface area (Å²) in [7, 11) is 0. The monoisotopic (exact) mass is 574 g/mol. The lowest BCUT2D eigenvalue weighted by molar-refractivity contribution is 0.669.